The Morgan fingerprint density at radius 2 is 1.83 bits per heavy atom. The predicted molar refractivity (Wildman–Crippen MR) is 101 cm³/mol. The highest BCUT2D eigenvalue weighted by atomic mass is 19.4. The molecule has 0 bridgehead atoms. The number of alkyl halides is 3. The third-order valence-corrected chi connectivity index (χ3v) is 4.81. The van der Waals surface area contributed by atoms with E-state index in [1.165, 1.54) is 0 Å². The Bertz CT molecular complexity index is 957. The summed E-state index contributed by atoms with van der Waals surface area (Å²) >= 11 is 0. The molecule has 1 aliphatic heterocycles. The molecule has 4 rings (SSSR count). The van der Waals surface area contributed by atoms with Gasteiger partial charge in [-0.25, -0.2) is 0 Å². The van der Waals surface area contributed by atoms with Crippen LogP contribution in [0, 0.1) is 0 Å². The molecule has 0 radical (unpaired) electrons. The number of hydrogen-bond donors (Lipinski definition) is 1. The summed E-state index contributed by atoms with van der Waals surface area (Å²) in [6.07, 6.45) is -2.84. The minimum Gasteiger partial charge on any atom is -0.489 e. The van der Waals surface area contributed by atoms with E-state index >= 15 is 0 Å². The van der Waals surface area contributed by atoms with Crippen LogP contribution in [0.2, 0.25) is 0 Å². The minimum absolute atomic E-state index is 0.222. The molecule has 2 aromatic carbocycles. The second kappa shape index (κ2) is 8.26. The van der Waals surface area contributed by atoms with Crippen LogP contribution in [0.3, 0.4) is 0 Å². The minimum atomic E-state index is -4.58. The number of H-pyrrole nitrogens is 1. The van der Waals surface area contributed by atoms with Gasteiger partial charge in [0, 0.05) is 25.2 Å². The summed E-state index contributed by atoms with van der Waals surface area (Å²) in [5.41, 5.74) is 5.06. The summed E-state index contributed by atoms with van der Waals surface area (Å²) < 4.78 is 46.2. The zero-order valence-electron chi connectivity index (χ0n) is 15.6. The largest absolute Gasteiger partial charge is 0.522 e. The molecule has 1 N–H and O–H groups in total. The molecule has 0 saturated heterocycles. The van der Waals surface area contributed by atoms with E-state index in [1.54, 1.807) is 6.20 Å². The summed E-state index contributed by atoms with van der Waals surface area (Å²) in [5.74, 6) is 0.720. The maximum absolute atomic E-state index is 12.1. The molecule has 0 saturated carbocycles. The summed E-state index contributed by atoms with van der Waals surface area (Å²) in [5, 5.41) is 7.13. The van der Waals surface area contributed by atoms with Gasteiger partial charge in [0.1, 0.15) is 12.4 Å². The second-order valence-electron chi connectivity index (χ2n) is 6.86. The van der Waals surface area contributed by atoms with E-state index in [2.05, 4.69) is 14.9 Å². The highest BCUT2D eigenvalue weighted by Crippen LogP contribution is 2.28. The maximum Gasteiger partial charge on any atom is 0.522 e. The summed E-state index contributed by atoms with van der Waals surface area (Å²) in [7, 11) is 0. The molecule has 1 aromatic heterocycles. The van der Waals surface area contributed by atoms with Crippen molar-refractivity contribution in [1.29, 1.82) is 0 Å². The molecule has 0 atom stereocenters. The van der Waals surface area contributed by atoms with E-state index in [1.807, 2.05) is 53.4 Å². The normalized spacial score (nSPS) is 14.2. The first-order valence-corrected chi connectivity index (χ1v) is 9.23. The molecular weight excluding hydrogens is 383 g/mol. The second-order valence-corrected chi connectivity index (χ2v) is 6.86. The lowest BCUT2D eigenvalue weighted by Crippen LogP contribution is -2.25. The highest BCUT2D eigenvalue weighted by Gasteiger charge is 2.29. The summed E-state index contributed by atoms with van der Waals surface area (Å²) in [6, 6.07) is 15.7. The zero-order chi connectivity index (χ0) is 20.3. The molecule has 0 fully saturated rings. The molecular formula is C21H20F3N3O2. The molecule has 3 aromatic rings. The number of benzene rings is 2. The molecule has 5 nitrogen and oxygen atoms in total. The van der Waals surface area contributed by atoms with E-state index in [9.17, 15) is 13.2 Å². The SMILES string of the molecule is FC(F)(F)OCCN1Cc2ccc(OCc3cn[nH]c3-c3ccccc3)cc2C1. The van der Waals surface area contributed by atoms with Gasteiger partial charge in [-0.1, -0.05) is 36.4 Å². The highest BCUT2D eigenvalue weighted by molar-refractivity contribution is 5.62. The standard InChI is InChI=1S/C21H20F3N3O2/c22-21(23,24)29-9-8-27-12-16-6-7-19(10-17(16)13-27)28-14-18-11-25-26-20(18)15-4-2-1-3-5-15/h1-7,10-11H,8-9,12-14H2,(H,25,26). The summed E-state index contributed by atoms with van der Waals surface area (Å²) in [4.78, 5) is 1.92. The van der Waals surface area contributed by atoms with E-state index in [0.717, 1.165) is 33.7 Å². The van der Waals surface area contributed by atoms with Crippen molar-refractivity contribution in [1.82, 2.24) is 15.1 Å². The fourth-order valence-corrected chi connectivity index (χ4v) is 3.42. The lowest BCUT2D eigenvalue weighted by atomic mass is 10.1. The van der Waals surface area contributed by atoms with Crippen molar-refractivity contribution >= 4 is 0 Å². The third-order valence-electron chi connectivity index (χ3n) is 4.81. The van der Waals surface area contributed by atoms with E-state index < -0.39 is 6.36 Å². The maximum atomic E-state index is 12.1. The van der Waals surface area contributed by atoms with Gasteiger partial charge in [0.2, 0.25) is 0 Å². The van der Waals surface area contributed by atoms with Crippen LogP contribution in [-0.2, 0) is 24.4 Å². The average molecular weight is 403 g/mol. The van der Waals surface area contributed by atoms with Crippen molar-refractivity contribution in [2.45, 2.75) is 26.1 Å². The number of ether oxygens (including phenoxy) is 2. The van der Waals surface area contributed by atoms with Crippen LogP contribution >= 0.6 is 0 Å². The van der Waals surface area contributed by atoms with Gasteiger partial charge < -0.3 is 4.74 Å². The van der Waals surface area contributed by atoms with E-state index in [0.29, 0.717) is 19.7 Å². The van der Waals surface area contributed by atoms with E-state index in [-0.39, 0.29) is 13.2 Å². The van der Waals surface area contributed by atoms with Crippen molar-refractivity contribution in [2.75, 3.05) is 13.2 Å². The fraction of sp³-hybridized carbons (Fsp3) is 0.286. The Balaban J connectivity index is 1.35. The van der Waals surface area contributed by atoms with Crippen molar-refractivity contribution in [2.24, 2.45) is 0 Å². The van der Waals surface area contributed by atoms with Gasteiger partial charge in [-0.2, -0.15) is 5.10 Å². The van der Waals surface area contributed by atoms with Crippen LogP contribution in [0.15, 0.2) is 54.7 Å². The topological polar surface area (TPSA) is 50.4 Å². The number of halogens is 3. The fourth-order valence-electron chi connectivity index (χ4n) is 3.42. The Hall–Kier alpha value is -2.84. The van der Waals surface area contributed by atoms with Crippen molar-refractivity contribution < 1.29 is 22.6 Å². The molecule has 152 valence electrons. The molecule has 29 heavy (non-hydrogen) atoms. The zero-order valence-corrected chi connectivity index (χ0v) is 15.6. The van der Waals surface area contributed by atoms with Crippen molar-refractivity contribution in [3.63, 3.8) is 0 Å². The Morgan fingerprint density at radius 3 is 2.62 bits per heavy atom. The predicted octanol–water partition coefficient (Wildman–Crippen LogP) is 4.51. The number of nitrogens with zero attached hydrogens (tertiary/aromatic N) is 2. The van der Waals surface area contributed by atoms with Gasteiger partial charge in [-0.15, -0.1) is 13.2 Å². The first kappa shape index (κ1) is 19.5. The lowest BCUT2D eigenvalue weighted by molar-refractivity contribution is -0.325. The molecule has 0 amide bonds. The van der Waals surface area contributed by atoms with Gasteiger partial charge in [0.25, 0.3) is 0 Å². The first-order valence-electron chi connectivity index (χ1n) is 9.23. The molecule has 2 heterocycles. The van der Waals surface area contributed by atoms with Crippen molar-refractivity contribution in [3.05, 3.63) is 71.4 Å². The number of aromatic amines is 1. The Labute approximate surface area is 166 Å². The number of nitrogens with one attached hydrogen (secondary N) is 1. The first-order chi connectivity index (χ1) is 14.0. The van der Waals surface area contributed by atoms with Crippen LogP contribution in [0.5, 0.6) is 5.75 Å². The summed E-state index contributed by atoms with van der Waals surface area (Å²) in [6.45, 7) is 1.40. The molecule has 0 unspecified atom stereocenters. The van der Waals surface area contributed by atoms with Gasteiger partial charge in [-0.05, 0) is 28.8 Å². The Morgan fingerprint density at radius 1 is 1.03 bits per heavy atom. The van der Waals surface area contributed by atoms with Gasteiger partial charge in [0.15, 0.2) is 0 Å². The molecule has 8 heteroatoms. The average Bonchev–Trinajstić information content (AvgIpc) is 3.32. The van der Waals surface area contributed by atoms with Crippen LogP contribution < -0.4 is 4.74 Å². The van der Waals surface area contributed by atoms with E-state index in [4.69, 9.17) is 4.74 Å². The van der Waals surface area contributed by atoms with Crippen LogP contribution in [-0.4, -0.2) is 34.6 Å². The lowest BCUT2D eigenvalue weighted by Gasteiger charge is -2.15. The third kappa shape index (κ3) is 4.96. The number of aromatic nitrogens is 2. The smallest absolute Gasteiger partial charge is 0.489 e. The van der Waals surface area contributed by atoms with Crippen LogP contribution in [0.4, 0.5) is 13.2 Å². The van der Waals surface area contributed by atoms with Gasteiger partial charge in [0.05, 0.1) is 18.5 Å². The molecule has 0 spiro atoms. The quantitative estimate of drug-likeness (QED) is 0.631. The van der Waals surface area contributed by atoms with Crippen molar-refractivity contribution in [3.8, 4) is 17.0 Å². The molecule has 0 aliphatic carbocycles. The Kier molecular flexibility index (Phi) is 5.55. The van der Waals surface area contributed by atoms with Crippen LogP contribution in [0.25, 0.3) is 11.3 Å². The van der Waals surface area contributed by atoms with Crippen LogP contribution in [0.1, 0.15) is 16.7 Å². The number of hydrogen-bond acceptors (Lipinski definition) is 4. The number of fused-ring (bicyclic) bond motifs is 1. The monoisotopic (exact) mass is 403 g/mol. The molecule has 1 aliphatic rings. The van der Waals surface area contributed by atoms with Gasteiger partial charge >= 0.3 is 6.36 Å². The number of rotatable bonds is 7. The van der Waals surface area contributed by atoms with Gasteiger partial charge in [-0.3, -0.25) is 14.7 Å².